The molecule has 5 nitrogen and oxygen atoms in total. The lowest BCUT2D eigenvalue weighted by Gasteiger charge is -2.35. The summed E-state index contributed by atoms with van der Waals surface area (Å²) in [4.78, 5) is 17.2. The van der Waals surface area contributed by atoms with Crippen molar-refractivity contribution in [1.82, 2.24) is 9.80 Å². The number of hydrogen-bond donors (Lipinski definition) is 0. The molecule has 0 N–H and O–H groups in total. The molecule has 0 spiro atoms. The Morgan fingerprint density at radius 1 is 1.05 bits per heavy atom. The zero-order chi connectivity index (χ0) is 14.8. The SMILES string of the molecule is COc1cccc(OC)c1C(=O)N1CCN(C2CC2)CC1. The smallest absolute Gasteiger partial charge is 0.261 e. The van der Waals surface area contributed by atoms with Gasteiger partial charge in [0.25, 0.3) is 5.91 Å². The molecule has 1 saturated carbocycles. The summed E-state index contributed by atoms with van der Waals surface area (Å²) in [6.45, 7) is 3.48. The summed E-state index contributed by atoms with van der Waals surface area (Å²) >= 11 is 0. The van der Waals surface area contributed by atoms with Gasteiger partial charge in [-0.05, 0) is 25.0 Å². The number of nitrogens with zero attached hydrogens (tertiary/aromatic N) is 2. The average Bonchev–Trinajstić information content (AvgIpc) is 3.38. The fourth-order valence-electron chi connectivity index (χ4n) is 2.95. The third-order valence-electron chi connectivity index (χ3n) is 4.31. The number of methoxy groups -OCH3 is 2. The lowest BCUT2D eigenvalue weighted by Crippen LogP contribution is -2.49. The van der Waals surface area contributed by atoms with Gasteiger partial charge in [-0.1, -0.05) is 6.07 Å². The van der Waals surface area contributed by atoms with Crippen molar-refractivity contribution in [1.29, 1.82) is 0 Å². The Balaban J connectivity index is 1.75. The molecule has 3 rings (SSSR count). The Morgan fingerprint density at radius 3 is 2.10 bits per heavy atom. The predicted octanol–water partition coefficient (Wildman–Crippen LogP) is 1.62. The van der Waals surface area contributed by atoms with E-state index in [9.17, 15) is 4.79 Å². The number of ether oxygens (including phenoxy) is 2. The number of carbonyl (C=O) groups excluding carboxylic acids is 1. The van der Waals surface area contributed by atoms with E-state index in [4.69, 9.17) is 9.47 Å². The molecule has 1 aliphatic carbocycles. The number of benzene rings is 1. The van der Waals surface area contributed by atoms with Crippen LogP contribution >= 0.6 is 0 Å². The molecule has 0 atom stereocenters. The summed E-state index contributed by atoms with van der Waals surface area (Å²) in [6.07, 6.45) is 2.63. The van der Waals surface area contributed by atoms with Gasteiger partial charge in [-0.2, -0.15) is 0 Å². The summed E-state index contributed by atoms with van der Waals surface area (Å²) in [6, 6.07) is 6.20. The standard InChI is InChI=1S/C16H22N2O3/c1-20-13-4-3-5-14(21-2)15(13)16(19)18-10-8-17(9-11-18)12-6-7-12/h3-5,12H,6-11H2,1-2H3. The Labute approximate surface area is 125 Å². The fourth-order valence-corrected chi connectivity index (χ4v) is 2.95. The van der Waals surface area contributed by atoms with Crippen molar-refractivity contribution in [2.24, 2.45) is 0 Å². The van der Waals surface area contributed by atoms with Gasteiger partial charge >= 0.3 is 0 Å². The third-order valence-corrected chi connectivity index (χ3v) is 4.31. The second-order valence-electron chi connectivity index (χ2n) is 5.60. The Morgan fingerprint density at radius 2 is 1.62 bits per heavy atom. The minimum atomic E-state index is -0.000234. The number of rotatable bonds is 4. The van der Waals surface area contributed by atoms with Crippen LogP contribution in [0.2, 0.25) is 0 Å². The number of carbonyl (C=O) groups is 1. The van der Waals surface area contributed by atoms with Crippen molar-refractivity contribution in [3.05, 3.63) is 23.8 Å². The fraction of sp³-hybridized carbons (Fsp3) is 0.562. The first-order chi connectivity index (χ1) is 10.2. The van der Waals surface area contributed by atoms with E-state index in [0.717, 1.165) is 32.2 Å². The van der Waals surface area contributed by atoms with Crippen LogP contribution in [0.15, 0.2) is 18.2 Å². The summed E-state index contributed by atoms with van der Waals surface area (Å²) < 4.78 is 10.7. The predicted molar refractivity (Wildman–Crippen MR) is 80.0 cm³/mol. The minimum Gasteiger partial charge on any atom is -0.496 e. The Kier molecular flexibility index (Phi) is 4.01. The van der Waals surface area contributed by atoms with E-state index in [1.54, 1.807) is 26.4 Å². The van der Waals surface area contributed by atoms with Crippen LogP contribution in [0.3, 0.4) is 0 Å². The second kappa shape index (κ2) is 5.93. The van der Waals surface area contributed by atoms with E-state index >= 15 is 0 Å². The summed E-state index contributed by atoms with van der Waals surface area (Å²) in [5.74, 6) is 1.15. The maximum atomic E-state index is 12.8. The van der Waals surface area contributed by atoms with Gasteiger partial charge in [-0.3, -0.25) is 9.69 Å². The first-order valence-electron chi connectivity index (χ1n) is 7.49. The number of piperazine rings is 1. The van der Waals surface area contributed by atoms with Gasteiger partial charge < -0.3 is 14.4 Å². The first-order valence-corrected chi connectivity index (χ1v) is 7.49. The summed E-state index contributed by atoms with van der Waals surface area (Å²) in [5.41, 5.74) is 0.530. The minimum absolute atomic E-state index is 0.000234. The van der Waals surface area contributed by atoms with E-state index in [0.29, 0.717) is 17.1 Å². The topological polar surface area (TPSA) is 42.0 Å². The molecule has 0 aromatic heterocycles. The van der Waals surface area contributed by atoms with E-state index in [1.807, 2.05) is 11.0 Å². The van der Waals surface area contributed by atoms with Crippen molar-refractivity contribution in [3.63, 3.8) is 0 Å². The highest BCUT2D eigenvalue weighted by atomic mass is 16.5. The highest BCUT2D eigenvalue weighted by Gasteiger charge is 2.33. The van der Waals surface area contributed by atoms with Gasteiger partial charge in [-0.15, -0.1) is 0 Å². The maximum Gasteiger partial charge on any atom is 0.261 e. The van der Waals surface area contributed by atoms with Gasteiger partial charge in [0, 0.05) is 32.2 Å². The van der Waals surface area contributed by atoms with Crippen LogP contribution in [0.1, 0.15) is 23.2 Å². The van der Waals surface area contributed by atoms with Crippen molar-refractivity contribution in [2.75, 3.05) is 40.4 Å². The van der Waals surface area contributed by atoms with E-state index in [1.165, 1.54) is 12.8 Å². The molecule has 2 aliphatic rings. The molecule has 1 aliphatic heterocycles. The van der Waals surface area contributed by atoms with Crippen molar-refractivity contribution < 1.29 is 14.3 Å². The third kappa shape index (κ3) is 2.83. The van der Waals surface area contributed by atoms with Crippen molar-refractivity contribution in [3.8, 4) is 11.5 Å². The largest absolute Gasteiger partial charge is 0.496 e. The monoisotopic (exact) mass is 290 g/mol. The van der Waals surface area contributed by atoms with Crippen LogP contribution in [0.4, 0.5) is 0 Å². The molecule has 5 heteroatoms. The molecule has 1 aromatic rings. The zero-order valence-corrected chi connectivity index (χ0v) is 12.7. The highest BCUT2D eigenvalue weighted by Crippen LogP contribution is 2.31. The molecule has 0 radical (unpaired) electrons. The molecule has 114 valence electrons. The molecule has 0 unspecified atom stereocenters. The van der Waals surface area contributed by atoms with Gasteiger partial charge in [0.15, 0.2) is 0 Å². The summed E-state index contributed by atoms with van der Waals surface area (Å²) in [7, 11) is 3.16. The van der Waals surface area contributed by atoms with E-state index in [-0.39, 0.29) is 5.91 Å². The van der Waals surface area contributed by atoms with Gasteiger partial charge in [-0.25, -0.2) is 0 Å². The molecule has 21 heavy (non-hydrogen) atoms. The number of hydrogen-bond acceptors (Lipinski definition) is 4. The van der Waals surface area contributed by atoms with Crippen LogP contribution in [0.25, 0.3) is 0 Å². The van der Waals surface area contributed by atoms with Crippen LogP contribution in [0.5, 0.6) is 11.5 Å². The molecular weight excluding hydrogens is 268 g/mol. The average molecular weight is 290 g/mol. The molecular formula is C16H22N2O3. The van der Waals surface area contributed by atoms with Crippen LogP contribution < -0.4 is 9.47 Å². The first kappa shape index (κ1) is 14.2. The molecule has 1 aromatic carbocycles. The van der Waals surface area contributed by atoms with Gasteiger partial charge in [0.05, 0.1) is 14.2 Å². The van der Waals surface area contributed by atoms with Gasteiger partial charge in [0.2, 0.25) is 0 Å². The highest BCUT2D eigenvalue weighted by molar-refractivity contribution is 5.99. The van der Waals surface area contributed by atoms with Crippen molar-refractivity contribution in [2.45, 2.75) is 18.9 Å². The second-order valence-corrected chi connectivity index (χ2v) is 5.60. The lowest BCUT2D eigenvalue weighted by molar-refractivity contribution is 0.0620. The lowest BCUT2D eigenvalue weighted by atomic mass is 10.1. The molecule has 2 fully saturated rings. The van der Waals surface area contributed by atoms with Gasteiger partial charge in [0.1, 0.15) is 17.1 Å². The van der Waals surface area contributed by atoms with E-state index in [2.05, 4.69) is 4.90 Å². The molecule has 0 bridgehead atoms. The summed E-state index contributed by atoms with van der Waals surface area (Å²) in [5, 5.41) is 0. The number of amides is 1. The molecule has 1 heterocycles. The quantitative estimate of drug-likeness (QED) is 0.845. The van der Waals surface area contributed by atoms with Crippen LogP contribution in [0, 0.1) is 0 Å². The molecule has 1 amide bonds. The van der Waals surface area contributed by atoms with E-state index < -0.39 is 0 Å². The van der Waals surface area contributed by atoms with Crippen LogP contribution in [-0.4, -0.2) is 62.1 Å². The Hall–Kier alpha value is -1.75. The Bertz CT molecular complexity index is 498. The zero-order valence-electron chi connectivity index (χ0n) is 12.7. The maximum absolute atomic E-state index is 12.8. The van der Waals surface area contributed by atoms with Crippen molar-refractivity contribution >= 4 is 5.91 Å². The van der Waals surface area contributed by atoms with Crippen LogP contribution in [-0.2, 0) is 0 Å². The normalized spacial score (nSPS) is 19.4. The molecule has 1 saturated heterocycles.